The monoisotopic (exact) mass is 498 g/mol. The Bertz CT molecular complexity index is 1120. The molecule has 3 aliphatic rings. The molecule has 2 aromatic rings. The number of H-pyrrole nitrogens is 1. The van der Waals surface area contributed by atoms with Crippen LogP contribution in [-0.4, -0.2) is 58.0 Å². The topological polar surface area (TPSA) is 129 Å². The predicted molar refractivity (Wildman–Crippen MR) is 132 cm³/mol. The lowest BCUT2D eigenvalue weighted by Crippen LogP contribution is -2.46. The van der Waals surface area contributed by atoms with Crippen molar-refractivity contribution in [2.75, 3.05) is 7.11 Å². The van der Waals surface area contributed by atoms with E-state index < -0.39 is 17.3 Å². The minimum Gasteiger partial charge on any atom is -0.467 e. The van der Waals surface area contributed by atoms with Gasteiger partial charge in [-0.25, -0.2) is 4.79 Å². The quantitative estimate of drug-likeness (QED) is 0.342. The number of hydrogen-bond donors (Lipinski definition) is 4. The molecule has 4 unspecified atom stereocenters. The Balaban J connectivity index is 1.17. The van der Waals surface area contributed by atoms with E-state index in [4.69, 9.17) is 4.74 Å². The summed E-state index contributed by atoms with van der Waals surface area (Å²) in [4.78, 5) is 53.7. The first-order valence-corrected chi connectivity index (χ1v) is 13.1. The highest BCUT2D eigenvalue weighted by molar-refractivity contribution is 8.08. The van der Waals surface area contributed by atoms with Crippen molar-refractivity contribution >= 4 is 46.4 Å². The number of hydrogen-bond acceptors (Lipinski definition) is 6. The summed E-state index contributed by atoms with van der Waals surface area (Å²) >= 11 is 1.31. The van der Waals surface area contributed by atoms with Crippen LogP contribution in [0.25, 0.3) is 10.9 Å². The lowest BCUT2D eigenvalue weighted by molar-refractivity contribution is -0.145. The average molecular weight is 499 g/mol. The van der Waals surface area contributed by atoms with Gasteiger partial charge in [0, 0.05) is 22.4 Å². The molecule has 5 rings (SSSR count). The molecule has 0 radical (unpaired) electrons. The van der Waals surface area contributed by atoms with E-state index >= 15 is 0 Å². The van der Waals surface area contributed by atoms with Crippen LogP contribution >= 0.6 is 11.8 Å². The van der Waals surface area contributed by atoms with E-state index in [0.29, 0.717) is 12.1 Å². The fraction of sp³-hybridized carbons (Fsp3) is 0.520. The zero-order chi connectivity index (χ0) is 24.6. The maximum Gasteiger partial charge on any atom is 0.328 e. The number of rotatable bonds is 7. The summed E-state index contributed by atoms with van der Waals surface area (Å²) in [6.45, 7) is 0. The first-order chi connectivity index (χ1) is 16.9. The summed E-state index contributed by atoms with van der Waals surface area (Å²) in [6.07, 6.45) is 6.16. The lowest BCUT2D eigenvalue weighted by atomic mass is 9.78. The molecular weight excluding hydrogens is 468 g/mol. The number of benzene rings is 1. The van der Waals surface area contributed by atoms with E-state index in [2.05, 4.69) is 20.9 Å². The second-order valence-electron chi connectivity index (χ2n) is 9.77. The second kappa shape index (κ2) is 9.56. The third kappa shape index (κ3) is 5.03. The minimum atomic E-state index is -0.909. The minimum absolute atomic E-state index is 0.0562. The van der Waals surface area contributed by atoms with Crippen molar-refractivity contribution in [1.29, 1.82) is 0 Å². The first-order valence-electron chi connectivity index (χ1n) is 12.1. The molecular formula is C25H30N4O5S. The Hall–Kier alpha value is -3.01. The van der Waals surface area contributed by atoms with Crippen LogP contribution in [-0.2, 0) is 19.1 Å². The van der Waals surface area contributed by atoms with E-state index in [0.717, 1.165) is 36.6 Å². The third-order valence-electron chi connectivity index (χ3n) is 7.33. The number of amides is 3. The van der Waals surface area contributed by atoms with E-state index in [1.54, 1.807) is 6.07 Å². The van der Waals surface area contributed by atoms with Crippen LogP contribution in [0.15, 0.2) is 30.3 Å². The lowest BCUT2D eigenvalue weighted by Gasteiger charge is -2.33. The number of nitrogens with one attached hydrogen (secondary N) is 4. The van der Waals surface area contributed by atoms with Gasteiger partial charge < -0.3 is 25.7 Å². The smallest absolute Gasteiger partial charge is 0.328 e. The van der Waals surface area contributed by atoms with Crippen LogP contribution in [0, 0.1) is 5.92 Å². The number of thioether (sulfide) groups is 1. The van der Waals surface area contributed by atoms with Gasteiger partial charge in [-0.05, 0) is 37.8 Å². The molecule has 1 aromatic heterocycles. The molecule has 1 saturated carbocycles. The highest BCUT2D eigenvalue weighted by Gasteiger charge is 2.49. The zero-order valence-electron chi connectivity index (χ0n) is 19.6. The number of ether oxygens (including phenoxy) is 1. The van der Waals surface area contributed by atoms with Crippen LogP contribution in [0.3, 0.4) is 0 Å². The molecule has 186 valence electrons. The molecule has 4 atom stereocenters. The van der Waals surface area contributed by atoms with Gasteiger partial charge in [-0.3, -0.25) is 14.4 Å². The Morgan fingerprint density at radius 1 is 1.20 bits per heavy atom. The third-order valence-corrected chi connectivity index (χ3v) is 8.48. The summed E-state index contributed by atoms with van der Waals surface area (Å²) in [6, 6.07) is 8.45. The Labute approximate surface area is 207 Å². The number of esters is 1. The van der Waals surface area contributed by atoms with Gasteiger partial charge in [-0.1, -0.05) is 37.5 Å². The average Bonchev–Trinajstić information content (AvgIpc) is 3.37. The molecule has 1 aliphatic carbocycles. The van der Waals surface area contributed by atoms with E-state index in [-0.39, 0.29) is 41.0 Å². The van der Waals surface area contributed by atoms with Crippen LogP contribution in [0.2, 0.25) is 0 Å². The maximum atomic E-state index is 12.9. The SMILES string of the molecule is COC(=O)C(CC1CC2(CCCCC2)NC1=O)NC(=O)C1SC1NC(=O)c1cc2ccccc2[nH]1. The highest BCUT2D eigenvalue weighted by Crippen LogP contribution is 2.41. The fourth-order valence-electron chi connectivity index (χ4n) is 5.45. The van der Waals surface area contributed by atoms with Crippen molar-refractivity contribution in [3.05, 3.63) is 36.0 Å². The Kier molecular flexibility index (Phi) is 6.48. The van der Waals surface area contributed by atoms with Crippen molar-refractivity contribution in [3.63, 3.8) is 0 Å². The van der Waals surface area contributed by atoms with Crippen LogP contribution < -0.4 is 16.0 Å². The number of fused-ring (bicyclic) bond motifs is 1. The molecule has 0 bridgehead atoms. The molecule has 10 heteroatoms. The first kappa shape index (κ1) is 23.7. The maximum absolute atomic E-state index is 12.9. The van der Waals surface area contributed by atoms with Gasteiger partial charge in [-0.2, -0.15) is 0 Å². The summed E-state index contributed by atoms with van der Waals surface area (Å²) in [5, 5.41) is 8.82. The Morgan fingerprint density at radius 2 is 1.97 bits per heavy atom. The number of aromatic amines is 1. The number of carbonyl (C=O) groups is 4. The number of methoxy groups -OCH3 is 1. The van der Waals surface area contributed by atoms with Crippen molar-refractivity contribution < 1.29 is 23.9 Å². The molecule has 2 saturated heterocycles. The predicted octanol–water partition coefficient (Wildman–Crippen LogP) is 2.23. The largest absolute Gasteiger partial charge is 0.467 e. The van der Waals surface area contributed by atoms with E-state index in [9.17, 15) is 19.2 Å². The number of carbonyl (C=O) groups excluding carboxylic acids is 4. The summed E-state index contributed by atoms with van der Waals surface area (Å²) in [7, 11) is 1.27. The molecule has 9 nitrogen and oxygen atoms in total. The standard InChI is InChI=1S/C25H30N4O5S/c1-34-24(33)18(12-15-13-25(29-20(15)30)9-5-2-6-10-25)27-22(32)19-23(35-19)28-21(31)17-11-14-7-3-4-8-16(14)26-17/h3-4,7-8,11,15,18-19,23,26H,2,5-6,9-10,12-13H2,1H3,(H,27,32)(H,28,31)(H,29,30). The molecule has 3 amide bonds. The van der Waals surface area contributed by atoms with Gasteiger partial charge in [0.25, 0.3) is 5.91 Å². The van der Waals surface area contributed by atoms with Gasteiger partial charge in [0.1, 0.15) is 17.0 Å². The van der Waals surface area contributed by atoms with Crippen molar-refractivity contribution in [2.45, 2.75) is 67.2 Å². The molecule has 3 fully saturated rings. The molecule has 1 aromatic carbocycles. The van der Waals surface area contributed by atoms with Gasteiger partial charge in [0.15, 0.2) is 0 Å². The highest BCUT2D eigenvalue weighted by atomic mass is 32.2. The van der Waals surface area contributed by atoms with Crippen LogP contribution in [0.1, 0.15) is 55.4 Å². The number of para-hydroxylation sites is 1. The second-order valence-corrected chi connectivity index (χ2v) is 11.1. The van der Waals surface area contributed by atoms with Gasteiger partial charge >= 0.3 is 5.97 Å². The van der Waals surface area contributed by atoms with Gasteiger partial charge in [0.05, 0.1) is 12.5 Å². The van der Waals surface area contributed by atoms with Gasteiger partial charge in [-0.15, -0.1) is 11.8 Å². The number of aromatic nitrogens is 1. The molecule has 35 heavy (non-hydrogen) atoms. The molecule has 4 N–H and O–H groups in total. The van der Waals surface area contributed by atoms with Crippen molar-refractivity contribution in [2.24, 2.45) is 5.92 Å². The summed E-state index contributed by atoms with van der Waals surface area (Å²) in [5.74, 6) is -1.61. The summed E-state index contributed by atoms with van der Waals surface area (Å²) < 4.78 is 4.91. The molecule has 1 spiro atoms. The van der Waals surface area contributed by atoms with Crippen molar-refractivity contribution in [3.8, 4) is 0 Å². The molecule has 3 heterocycles. The van der Waals surface area contributed by atoms with E-state index in [1.165, 1.54) is 25.3 Å². The van der Waals surface area contributed by atoms with E-state index in [1.807, 2.05) is 24.3 Å². The summed E-state index contributed by atoms with van der Waals surface area (Å²) in [5.41, 5.74) is 1.12. The van der Waals surface area contributed by atoms with Crippen LogP contribution in [0.5, 0.6) is 0 Å². The Morgan fingerprint density at radius 3 is 2.71 bits per heavy atom. The van der Waals surface area contributed by atoms with Crippen molar-refractivity contribution in [1.82, 2.24) is 20.9 Å². The molecule has 2 aliphatic heterocycles. The van der Waals surface area contributed by atoms with Crippen LogP contribution in [0.4, 0.5) is 0 Å². The van der Waals surface area contributed by atoms with Gasteiger partial charge in [0.2, 0.25) is 11.8 Å². The normalized spacial score (nSPS) is 25.6. The zero-order valence-corrected chi connectivity index (χ0v) is 20.4. The fourth-order valence-corrected chi connectivity index (χ4v) is 6.23.